The van der Waals surface area contributed by atoms with Crippen molar-refractivity contribution in [1.29, 1.82) is 0 Å². The first-order chi connectivity index (χ1) is 15.9. The number of methoxy groups -OCH3 is 1. The number of nitrogens with zero attached hydrogens (tertiary/aromatic N) is 5. The number of aromatic nitrogens is 2. The standard InChI is InChI=1S/C24H30N6O3/c1-27(2)23(31)17-9-10-20-19(15-17)25-22(28(20)3)16-29-11-13-30(14-12-29)24(32)26-18-7-5-6-8-21(18)33-4/h5-10,15H,11-14,16H2,1-4H3,(H,26,32). The van der Waals surface area contributed by atoms with Gasteiger partial charge in [0.2, 0.25) is 0 Å². The van der Waals surface area contributed by atoms with E-state index >= 15 is 0 Å². The molecule has 174 valence electrons. The van der Waals surface area contributed by atoms with Crippen molar-refractivity contribution in [1.82, 2.24) is 24.3 Å². The van der Waals surface area contributed by atoms with E-state index in [2.05, 4.69) is 14.8 Å². The monoisotopic (exact) mass is 450 g/mol. The Kier molecular flexibility index (Phi) is 6.50. The minimum atomic E-state index is -0.125. The number of ether oxygens (including phenoxy) is 1. The molecule has 1 saturated heterocycles. The molecule has 1 aromatic heterocycles. The van der Waals surface area contributed by atoms with Crippen LogP contribution in [0, 0.1) is 0 Å². The van der Waals surface area contributed by atoms with Crippen LogP contribution in [0.15, 0.2) is 42.5 Å². The summed E-state index contributed by atoms with van der Waals surface area (Å²) in [4.78, 5) is 35.4. The van der Waals surface area contributed by atoms with Gasteiger partial charge in [-0.3, -0.25) is 9.69 Å². The van der Waals surface area contributed by atoms with E-state index in [0.29, 0.717) is 36.6 Å². The second-order valence-electron chi connectivity index (χ2n) is 8.38. The van der Waals surface area contributed by atoms with Crippen LogP contribution in [-0.4, -0.2) is 83.6 Å². The highest BCUT2D eigenvalue weighted by Gasteiger charge is 2.23. The van der Waals surface area contributed by atoms with Gasteiger partial charge < -0.3 is 24.4 Å². The van der Waals surface area contributed by atoms with Crippen LogP contribution in [0.4, 0.5) is 10.5 Å². The smallest absolute Gasteiger partial charge is 0.322 e. The molecule has 33 heavy (non-hydrogen) atoms. The van der Waals surface area contributed by atoms with Crippen LogP contribution in [0.25, 0.3) is 11.0 Å². The molecule has 0 unspecified atom stereocenters. The van der Waals surface area contributed by atoms with E-state index in [1.807, 2.05) is 54.4 Å². The van der Waals surface area contributed by atoms with Gasteiger partial charge in [0.15, 0.2) is 0 Å². The number of rotatable bonds is 5. The first-order valence-electron chi connectivity index (χ1n) is 11.0. The van der Waals surface area contributed by atoms with Crippen LogP contribution in [0.3, 0.4) is 0 Å². The van der Waals surface area contributed by atoms with E-state index in [-0.39, 0.29) is 11.9 Å². The minimum absolute atomic E-state index is 0.0355. The van der Waals surface area contributed by atoms with Crippen LogP contribution in [0.2, 0.25) is 0 Å². The quantitative estimate of drug-likeness (QED) is 0.646. The number of aryl methyl sites for hydroxylation is 1. The summed E-state index contributed by atoms with van der Waals surface area (Å²) in [6.07, 6.45) is 0. The third-order valence-corrected chi connectivity index (χ3v) is 6.00. The maximum absolute atomic E-state index is 12.7. The molecular formula is C24H30N6O3. The Morgan fingerprint density at radius 2 is 1.82 bits per heavy atom. The number of anilines is 1. The highest BCUT2D eigenvalue weighted by Crippen LogP contribution is 2.24. The first-order valence-corrected chi connectivity index (χ1v) is 11.0. The van der Waals surface area contributed by atoms with E-state index in [9.17, 15) is 9.59 Å². The Morgan fingerprint density at radius 1 is 1.09 bits per heavy atom. The van der Waals surface area contributed by atoms with Crippen molar-refractivity contribution in [3.05, 3.63) is 53.9 Å². The Balaban J connectivity index is 1.38. The molecule has 9 nitrogen and oxygen atoms in total. The normalized spacial score (nSPS) is 14.4. The van der Waals surface area contributed by atoms with Gasteiger partial charge in [-0.2, -0.15) is 0 Å². The minimum Gasteiger partial charge on any atom is -0.495 e. The second kappa shape index (κ2) is 9.50. The number of urea groups is 1. The SMILES string of the molecule is COc1ccccc1NC(=O)N1CCN(Cc2nc3cc(C(=O)N(C)C)ccc3n2C)CC1. The fraction of sp³-hybridized carbons (Fsp3) is 0.375. The first kappa shape index (κ1) is 22.6. The lowest BCUT2D eigenvalue weighted by atomic mass is 10.2. The van der Waals surface area contributed by atoms with Gasteiger partial charge >= 0.3 is 6.03 Å². The van der Waals surface area contributed by atoms with Gasteiger partial charge in [0.1, 0.15) is 11.6 Å². The molecule has 4 rings (SSSR count). The number of piperazine rings is 1. The highest BCUT2D eigenvalue weighted by atomic mass is 16.5. The number of fused-ring (bicyclic) bond motifs is 1. The molecule has 2 aromatic carbocycles. The van der Waals surface area contributed by atoms with E-state index < -0.39 is 0 Å². The van der Waals surface area contributed by atoms with Crippen molar-refractivity contribution >= 4 is 28.7 Å². The number of hydrogen-bond acceptors (Lipinski definition) is 5. The van der Waals surface area contributed by atoms with Crippen molar-refractivity contribution < 1.29 is 14.3 Å². The van der Waals surface area contributed by atoms with E-state index in [1.165, 1.54) is 0 Å². The molecule has 0 atom stereocenters. The molecule has 0 aliphatic carbocycles. The van der Waals surface area contributed by atoms with Gasteiger partial charge in [-0.1, -0.05) is 12.1 Å². The van der Waals surface area contributed by atoms with Gasteiger partial charge in [-0.15, -0.1) is 0 Å². The predicted octanol–water partition coefficient (Wildman–Crippen LogP) is 2.63. The summed E-state index contributed by atoms with van der Waals surface area (Å²) >= 11 is 0. The third-order valence-electron chi connectivity index (χ3n) is 6.00. The van der Waals surface area contributed by atoms with Gasteiger partial charge in [0.05, 0.1) is 30.4 Å². The number of imidazole rings is 1. The molecule has 1 aliphatic heterocycles. The Morgan fingerprint density at radius 3 is 2.52 bits per heavy atom. The third kappa shape index (κ3) is 4.78. The Bertz CT molecular complexity index is 1160. The van der Waals surface area contributed by atoms with Crippen molar-refractivity contribution in [3.63, 3.8) is 0 Å². The molecule has 3 amide bonds. The zero-order valence-corrected chi connectivity index (χ0v) is 19.5. The lowest BCUT2D eigenvalue weighted by Gasteiger charge is -2.34. The lowest BCUT2D eigenvalue weighted by molar-refractivity contribution is 0.0827. The zero-order valence-electron chi connectivity index (χ0n) is 19.5. The van der Waals surface area contributed by atoms with Crippen molar-refractivity contribution in [2.45, 2.75) is 6.54 Å². The van der Waals surface area contributed by atoms with Crippen LogP contribution in [0.1, 0.15) is 16.2 Å². The van der Waals surface area contributed by atoms with Gasteiger partial charge in [0, 0.05) is 52.9 Å². The summed E-state index contributed by atoms with van der Waals surface area (Å²) in [7, 11) is 7.07. The largest absolute Gasteiger partial charge is 0.495 e. The maximum Gasteiger partial charge on any atom is 0.322 e. The Hall–Kier alpha value is -3.59. The second-order valence-corrected chi connectivity index (χ2v) is 8.38. The average Bonchev–Trinajstić information content (AvgIpc) is 3.13. The summed E-state index contributed by atoms with van der Waals surface area (Å²) in [5.74, 6) is 1.54. The molecule has 0 saturated carbocycles. The van der Waals surface area contributed by atoms with Gasteiger partial charge in [-0.25, -0.2) is 9.78 Å². The molecule has 0 spiro atoms. The van der Waals surface area contributed by atoms with Crippen LogP contribution < -0.4 is 10.1 Å². The van der Waals surface area contributed by atoms with Gasteiger partial charge in [-0.05, 0) is 30.3 Å². The summed E-state index contributed by atoms with van der Waals surface area (Å²) in [5, 5.41) is 2.94. The van der Waals surface area contributed by atoms with E-state index in [1.54, 1.807) is 26.1 Å². The number of hydrogen-bond donors (Lipinski definition) is 1. The van der Waals surface area contributed by atoms with Crippen molar-refractivity contribution in [2.75, 3.05) is 52.7 Å². The fourth-order valence-electron chi connectivity index (χ4n) is 4.03. The average molecular weight is 451 g/mol. The topological polar surface area (TPSA) is 82.9 Å². The summed E-state index contributed by atoms with van der Waals surface area (Å²) in [6.45, 7) is 3.46. The summed E-state index contributed by atoms with van der Waals surface area (Å²) < 4.78 is 7.38. The molecule has 1 aliphatic rings. The molecule has 9 heteroatoms. The highest BCUT2D eigenvalue weighted by molar-refractivity contribution is 5.97. The fourth-order valence-corrected chi connectivity index (χ4v) is 4.03. The number of nitrogens with one attached hydrogen (secondary N) is 1. The molecule has 1 N–H and O–H groups in total. The number of benzene rings is 2. The molecule has 2 heterocycles. The molecule has 0 bridgehead atoms. The van der Waals surface area contributed by atoms with Gasteiger partial charge in [0.25, 0.3) is 5.91 Å². The predicted molar refractivity (Wildman–Crippen MR) is 128 cm³/mol. The van der Waals surface area contributed by atoms with E-state index in [0.717, 1.165) is 29.9 Å². The molecule has 1 fully saturated rings. The molecule has 3 aromatic rings. The Labute approximate surface area is 193 Å². The lowest BCUT2D eigenvalue weighted by Crippen LogP contribution is -2.49. The van der Waals surface area contributed by atoms with Crippen LogP contribution in [0.5, 0.6) is 5.75 Å². The molecular weight excluding hydrogens is 420 g/mol. The zero-order chi connectivity index (χ0) is 23.5. The van der Waals surface area contributed by atoms with Crippen molar-refractivity contribution in [3.8, 4) is 5.75 Å². The van der Waals surface area contributed by atoms with Crippen molar-refractivity contribution in [2.24, 2.45) is 7.05 Å². The van der Waals surface area contributed by atoms with E-state index in [4.69, 9.17) is 9.72 Å². The summed E-state index contributed by atoms with van der Waals surface area (Å²) in [5.41, 5.74) is 3.11. The number of amides is 3. The van der Waals surface area contributed by atoms with Crippen LogP contribution >= 0.6 is 0 Å². The maximum atomic E-state index is 12.7. The number of carbonyl (C=O) groups excluding carboxylic acids is 2. The number of carbonyl (C=O) groups is 2. The van der Waals surface area contributed by atoms with Crippen LogP contribution in [-0.2, 0) is 13.6 Å². The summed E-state index contributed by atoms with van der Waals surface area (Å²) in [6, 6.07) is 12.9. The number of para-hydroxylation sites is 2. The molecule has 0 radical (unpaired) electrons.